The molecular weight excluding hydrogens is 457 g/mol. The Morgan fingerprint density at radius 1 is 0.972 bits per heavy atom. The molecule has 5 rings (SSSR count). The first kappa shape index (κ1) is 23.8. The van der Waals surface area contributed by atoms with Gasteiger partial charge in [0.15, 0.2) is 5.43 Å². The van der Waals surface area contributed by atoms with E-state index >= 15 is 0 Å². The first-order valence-electron chi connectivity index (χ1n) is 12.0. The van der Waals surface area contributed by atoms with E-state index in [-0.39, 0.29) is 39.0 Å². The molecule has 184 valence electrons. The van der Waals surface area contributed by atoms with Crippen LogP contribution in [0.3, 0.4) is 0 Å². The van der Waals surface area contributed by atoms with Gasteiger partial charge in [-0.05, 0) is 58.9 Å². The van der Waals surface area contributed by atoms with Gasteiger partial charge in [-0.15, -0.1) is 0 Å². The van der Waals surface area contributed by atoms with Crippen LogP contribution in [0.1, 0.15) is 59.6 Å². The van der Waals surface area contributed by atoms with Crippen LogP contribution in [-0.2, 0) is 11.8 Å². The van der Waals surface area contributed by atoms with E-state index < -0.39 is 11.9 Å². The van der Waals surface area contributed by atoms with Crippen molar-refractivity contribution in [2.24, 2.45) is 0 Å². The Labute approximate surface area is 209 Å². The Kier molecular flexibility index (Phi) is 5.91. The highest BCUT2D eigenvalue weighted by Gasteiger charge is 2.42. The third-order valence-corrected chi connectivity index (χ3v) is 6.82. The maximum Gasteiger partial charge on any atom is 0.290 e. The molecule has 3 aromatic carbocycles. The number of nitrogens with zero attached hydrogens (tertiary/aromatic N) is 1. The highest BCUT2D eigenvalue weighted by atomic mass is 19.1. The van der Waals surface area contributed by atoms with Crippen molar-refractivity contribution in [3.63, 3.8) is 0 Å². The average Bonchev–Trinajstić information content (AvgIpc) is 3.14. The van der Waals surface area contributed by atoms with Gasteiger partial charge in [0.25, 0.3) is 5.91 Å². The van der Waals surface area contributed by atoms with Gasteiger partial charge in [-0.25, -0.2) is 4.39 Å². The molecule has 0 fully saturated rings. The summed E-state index contributed by atoms with van der Waals surface area (Å²) >= 11 is 0. The summed E-state index contributed by atoms with van der Waals surface area (Å²) in [6.45, 7) is 6.78. The standard InChI is InChI=1S/C30H28FNO4/c1-30(2,3)20-9-7-19(8-10-20)26-25-27(33)23-17-21(31)11-14-24(23)36-28(25)29(34)32(26)16-15-18-5-12-22(35-4)13-6-18/h5-14,17,26H,15-16H2,1-4H3/t26-/m1/s1. The summed E-state index contributed by atoms with van der Waals surface area (Å²) in [7, 11) is 1.62. The number of carbonyl (C=O) groups is 1. The summed E-state index contributed by atoms with van der Waals surface area (Å²) < 4.78 is 25.1. The molecule has 0 bridgehead atoms. The number of methoxy groups -OCH3 is 1. The van der Waals surface area contributed by atoms with E-state index in [0.29, 0.717) is 13.0 Å². The number of fused-ring (bicyclic) bond motifs is 2. The van der Waals surface area contributed by atoms with Crippen LogP contribution in [0.25, 0.3) is 11.0 Å². The van der Waals surface area contributed by atoms with E-state index in [1.165, 1.54) is 18.2 Å². The Bertz CT molecular complexity index is 1500. The van der Waals surface area contributed by atoms with Crippen LogP contribution in [-0.4, -0.2) is 24.5 Å². The van der Waals surface area contributed by atoms with Crippen molar-refractivity contribution in [1.29, 1.82) is 0 Å². The lowest BCUT2D eigenvalue weighted by Crippen LogP contribution is -2.31. The van der Waals surface area contributed by atoms with Crippen LogP contribution in [0, 0.1) is 5.82 Å². The smallest absolute Gasteiger partial charge is 0.290 e. The van der Waals surface area contributed by atoms with Crippen LogP contribution >= 0.6 is 0 Å². The molecule has 0 N–H and O–H groups in total. The summed E-state index contributed by atoms with van der Waals surface area (Å²) in [6, 6.07) is 18.8. The molecule has 1 aliphatic rings. The number of rotatable bonds is 5. The monoisotopic (exact) mass is 485 g/mol. The number of amides is 1. The number of benzene rings is 3. The minimum absolute atomic E-state index is 0.0266. The molecule has 0 unspecified atom stereocenters. The van der Waals surface area contributed by atoms with E-state index in [1.54, 1.807) is 12.0 Å². The van der Waals surface area contributed by atoms with Crippen LogP contribution in [0.15, 0.2) is 75.9 Å². The second kappa shape index (κ2) is 8.94. The lowest BCUT2D eigenvalue weighted by Gasteiger charge is -2.26. The molecule has 0 saturated heterocycles. The Balaban J connectivity index is 1.60. The quantitative estimate of drug-likeness (QED) is 0.347. The summed E-state index contributed by atoms with van der Waals surface area (Å²) in [4.78, 5) is 28.9. The van der Waals surface area contributed by atoms with Gasteiger partial charge in [-0.1, -0.05) is 57.2 Å². The fourth-order valence-electron chi connectivity index (χ4n) is 4.78. The molecule has 0 radical (unpaired) electrons. The zero-order chi connectivity index (χ0) is 25.6. The van der Waals surface area contributed by atoms with Gasteiger partial charge < -0.3 is 14.1 Å². The van der Waals surface area contributed by atoms with Crippen molar-refractivity contribution < 1.29 is 18.3 Å². The molecule has 5 nitrogen and oxygen atoms in total. The third-order valence-electron chi connectivity index (χ3n) is 6.82. The molecule has 6 heteroatoms. The number of ether oxygens (including phenoxy) is 1. The topological polar surface area (TPSA) is 59.8 Å². The Morgan fingerprint density at radius 3 is 2.31 bits per heavy atom. The van der Waals surface area contributed by atoms with E-state index in [4.69, 9.17) is 9.15 Å². The van der Waals surface area contributed by atoms with Crippen LogP contribution < -0.4 is 10.2 Å². The summed E-state index contributed by atoms with van der Waals surface area (Å²) in [5.41, 5.74) is 3.04. The van der Waals surface area contributed by atoms with Gasteiger partial charge in [-0.3, -0.25) is 9.59 Å². The summed E-state index contributed by atoms with van der Waals surface area (Å²) in [5, 5.41) is 0.134. The number of hydrogen-bond acceptors (Lipinski definition) is 4. The first-order chi connectivity index (χ1) is 17.2. The molecule has 2 heterocycles. The van der Waals surface area contributed by atoms with Gasteiger partial charge in [0, 0.05) is 6.54 Å². The second-order valence-corrected chi connectivity index (χ2v) is 10.2. The fourth-order valence-corrected chi connectivity index (χ4v) is 4.78. The van der Waals surface area contributed by atoms with Crippen LogP contribution in [0.5, 0.6) is 5.75 Å². The summed E-state index contributed by atoms with van der Waals surface area (Å²) in [5.74, 6) is -0.0825. The highest BCUT2D eigenvalue weighted by Crippen LogP contribution is 2.39. The van der Waals surface area contributed by atoms with Crippen molar-refractivity contribution in [1.82, 2.24) is 4.90 Å². The Morgan fingerprint density at radius 2 is 1.67 bits per heavy atom. The second-order valence-electron chi connectivity index (χ2n) is 10.2. The zero-order valence-corrected chi connectivity index (χ0v) is 20.8. The maximum absolute atomic E-state index is 14.0. The molecule has 0 saturated carbocycles. The molecule has 36 heavy (non-hydrogen) atoms. The van der Waals surface area contributed by atoms with Gasteiger partial charge in [0.05, 0.1) is 24.1 Å². The van der Waals surface area contributed by atoms with Crippen LogP contribution in [0.2, 0.25) is 0 Å². The van der Waals surface area contributed by atoms with Gasteiger partial charge in [0.2, 0.25) is 5.76 Å². The predicted molar refractivity (Wildman–Crippen MR) is 137 cm³/mol. The summed E-state index contributed by atoms with van der Waals surface area (Å²) in [6.07, 6.45) is 0.586. The van der Waals surface area contributed by atoms with E-state index in [2.05, 4.69) is 20.8 Å². The lowest BCUT2D eigenvalue weighted by molar-refractivity contribution is 0.0730. The predicted octanol–water partition coefficient (Wildman–Crippen LogP) is 6.03. The first-order valence-corrected chi connectivity index (χ1v) is 12.0. The molecule has 0 aliphatic carbocycles. The van der Waals surface area contributed by atoms with E-state index in [9.17, 15) is 14.0 Å². The highest BCUT2D eigenvalue weighted by molar-refractivity contribution is 5.99. The van der Waals surface area contributed by atoms with Crippen LogP contribution in [0.4, 0.5) is 4.39 Å². The SMILES string of the molecule is COc1ccc(CCN2C(=O)c3oc4ccc(F)cc4c(=O)c3[C@H]2c2ccc(C(C)(C)C)cc2)cc1. The van der Waals surface area contributed by atoms with Gasteiger partial charge in [-0.2, -0.15) is 0 Å². The van der Waals surface area contributed by atoms with Crippen molar-refractivity contribution >= 4 is 16.9 Å². The van der Waals surface area contributed by atoms with E-state index in [0.717, 1.165) is 22.4 Å². The van der Waals surface area contributed by atoms with Crippen molar-refractivity contribution in [2.75, 3.05) is 13.7 Å². The van der Waals surface area contributed by atoms with Crippen molar-refractivity contribution in [3.05, 3.63) is 111 Å². The molecule has 4 aromatic rings. The number of carbonyl (C=O) groups excluding carboxylic acids is 1. The van der Waals surface area contributed by atoms with Gasteiger partial charge in [0.1, 0.15) is 17.1 Å². The molecule has 1 amide bonds. The van der Waals surface area contributed by atoms with Crippen molar-refractivity contribution in [2.45, 2.75) is 38.6 Å². The molecular formula is C30H28FNO4. The average molecular weight is 486 g/mol. The van der Waals surface area contributed by atoms with Crippen molar-refractivity contribution in [3.8, 4) is 5.75 Å². The lowest BCUT2D eigenvalue weighted by atomic mass is 9.86. The minimum atomic E-state index is -0.622. The number of hydrogen-bond donors (Lipinski definition) is 0. The maximum atomic E-state index is 14.0. The number of halogens is 1. The van der Waals surface area contributed by atoms with E-state index in [1.807, 2.05) is 48.5 Å². The zero-order valence-electron chi connectivity index (χ0n) is 20.8. The largest absolute Gasteiger partial charge is 0.497 e. The van der Waals surface area contributed by atoms with Gasteiger partial charge >= 0.3 is 0 Å². The normalized spacial score (nSPS) is 15.4. The molecule has 0 spiro atoms. The Hall–Kier alpha value is -3.93. The molecule has 1 aliphatic heterocycles. The third kappa shape index (κ3) is 4.17. The molecule has 1 atom stereocenters. The molecule has 1 aromatic heterocycles. The minimum Gasteiger partial charge on any atom is -0.497 e. The fraction of sp³-hybridized carbons (Fsp3) is 0.267.